The first-order valence-electron chi connectivity index (χ1n) is 6.99. The molecule has 0 bridgehead atoms. The monoisotopic (exact) mass is 297 g/mol. The SMILES string of the molecule is Cc1cc(C)c(C)c(S(=O)(=O)NC[C@@H](O)C2CC2)c1C. The molecule has 1 aromatic carbocycles. The Hall–Kier alpha value is -0.910. The average Bonchev–Trinajstić information content (AvgIpc) is 3.18. The lowest BCUT2D eigenvalue weighted by Crippen LogP contribution is -2.34. The molecule has 0 spiro atoms. The summed E-state index contributed by atoms with van der Waals surface area (Å²) in [6.07, 6.45) is 1.41. The maximum atomic E-state index is 12.5. The van der Waals surface area contributed by atoms with E-state index >= 15 is 0 Å². The van der Waals surface area contributed by atoms with Crippen LogP contribution in [0.25, 0.3) is 0 Å². The minimum absolute atomic E-state index is 0.0961. The van der Waals surface area contributed by atoms with Crippen molar-refractivity contribution >= 4 is 10.0 Å². The predicted molar refractivity (Wildman–Crippen MR) is 79.3 cm³/mol. The Morgan fingerprint density at radius 3 is 2.15 bits per heavy atom. The number of rotatable bonds is 5. The molecule has 0 amide bonds. The molecule has 0 aromatic heterocycles. The van der Waals surface area contributed by atoms with Crippen molar-refractivity contribution in [2.45, 2.75) is 51.5 Å². The van der Waals surface area contributed by atoms with Crippen LogP contribution in [0.3, 0.4) is 0 Å². The highest BCUT2D eigenvalue weighted by molar-refractivity contribution is 7.89. The molecule has 1 saturated carbocycles. The number of hydrogen-bond acceptors (Lipinski definition) is 3. The van der Waals surface area contributed by atoms with Crippen molar-refractivity contribution in [3.63, 3.8) is 0 Å². The van der Waals surface area contributed by atoms with Crippen LogP contribution in [0.4, 0.5) is 0 Å². The third kappa shape index (κ3) is 3.05. The van der Waals surface area contributed by atoms with Gasteiger partial charge in [0.15, 0.2) is 0 Å². The lowest BCUT2D eigenvalue weighted by atomic mass is 10.0. The number of aliphatic hydroxyl groups excluding tert-OH is 1. The number of aryl methyl sites for hydroxylation is 2. The zero-order valence-corrected chi connectivity index (χ0v) is 13.3. The summed E-state index contributed by atoms with van der Waals surface area (Å²) in [4.78, 5) is 0.359. The second-order valence-corrected chi connectivity index (χ2v) is 7.55. The van der Waals surface area contributed by atoms with Crippen LogP contribution < -0.4 is 4.72 Å². The second kappa shape index (κ2) is 5.47. The molecule has 2 N–H and O–H groups in total. The van der Waals surface area contributed by atoms with Crippen LogP contribution in [0, 0.1) is 33.6 Å². The fourth-order valence-electron chi connectivity index (χ4n) is 2.50. The molecule has 0 heterocycles. The Balaban J connectivity index is 2.29. The van der Waals surface area contributed by atoms with Crippen molar-refractivity contribution in [2.75, 3.05) is 6.54 Å². The topological polar surface area (TPSA) is 66.4 Å². The Bertz CT molecular complexity index is 592. The molecule has 4 nitrogen and oxygen atoms in total. The number of benzene rings is 1. The maximum absolute atomic E-state index is 12.5. The molecule has 0 saturated heterocycles. The number of sulfonamides is 1. The molecule has 20 heavy (non-hydrogen) atoms. The van der Waals surface area contributed by atoms with Crippen LogP contribution in [-0.2, 0) is 10.0 Å². The predicted octanol–water partition coefficient (Wildman–Crippen LogP) is 1.97. The quantitative estimate of drug-likeness (QED) is 0.873. The van der Waals surface area contributed by atoms with Crippen LogP contribution in [0.5, 0.6) is 0 Å². The Kier molecular flexibility index (Phi) is 4.23. The molecule has 1 aliphatic rings. The number of aliphatic hydroxyl groups is 1. The first-order chi connectivity index (χ1) is 9.24. The molecule has 0 aliphatic heterocycles. The summed E-state index contributed by atoms with van der Waals surface area (Å²) in [6, 6.07) is 2.00. The zero-order chi connectivity index (χ0) is 15.1. The smallest absolute Gasteiger partial charge is 0.241 e. The van der Waals surface area contributed by atoms with Gasteiger partial charge in [-0.3, -0.25) is 0 Å². The van der Waals surface area contributed by atoms with Crippen molar-refractivity contribution < 1.29 is 13.5 Å². The number of nitrogens with one attached hydrogen (secondary N) is 1. The lowest BCUT2D eigenvalue weighted by molar-refractivity contribution is 0.155. The van der Waals surface area contributed by atoms with E-state index in [0.717, 1.165) is 35.1 Å². The fraction of sp³-hybridized carbons (Fsp3) is 0.600. The highest BCUT2D eigenvalue weighted by Gasteiger charge is 2.31. The summed E-state index contributed by atoms with van der Waals surface area (Å²) < 4.78 is 27.6. The summed E-state index contributed by atoms with van der Waals surface area (Å²) in [5.41, 5.74) is 3.50. The van der Waals surface area contributed by atoms with E-state index in [9.17, 15) is 13.5 Å². The third-order valence-electron chi connectivity index (χ3n) is 4.21. The summed E-state index contributed by atoms with van der Waals surface area (Å²) in [6.45, 7) is 7.58. The first kappa shape index (κ1) is 15.5. The van der Waals surface area contributed by atoms with Gasteiger partial charge in [0.2, 0.25) is 10.0 Å². The van der Waals surface area contributed by atoms with Crippen molar-refractivity contribution in [2.24, 2.45) is 5.92 Å². The van der Waals surface area contributed by atoms with Crippen LogP contribution in [0.2, 0.25) is 0 Å². The Morgan fingerprint density at radius 2 is 1.70 bits per heavy atom. The van der Waals surface area contributed by atoms with Gasteiger partial charge in [-0.05, 0) is 68.7 Å². The summed E-state index contributed by atoms with van der Waals surface area (Å²) in [5.74, 6) is 0.263. The van der Waals surface area contributed by atoms with Crippen molar-refractivity contribution in [3.05, 3.63) is 28.3 Å². The van der Waals surface area contributed by atoms with Crippen LogP contribution in [0.1, 0.15) is 35.1 Å². The van der Waals surface area contributed by atoms with E-state index in [1.54, 1.807) is 0 Å². The minimum atomic E-state index is -3.58. The molecule has 1 aromatic rings. The zero-order valence-electron chi connectivity index (χ0n) is 12.5. The van der Waals surface area contributed by atoms with Gasteiger partial charge in [0.1, 0.15) is 0 Å². The maximum Gasteiger partial charge on any atom is 0.241 e. The van der Waals surface area contributed by atoms with Gasteiger partial charge in [0.05, 0.1) is 11.0 Å². The molecular formula is C15H23NO3S. The molecular weight excluding hydrogens is 274 g/mol. The average molecular weight is 297 g/mol. The summed E-state index contributed by atoms with van der Waals surface area (Å²) in [7, 11) is -3.58. The normalized spacial score (nSPS) is 17.2. The minimum Gasteiger partial charge on any atom is -0.391 e. The molecule has 5 heteroatoms. The van der Waals surface area contributed by atoms with Gasteiger partial charge in [-0.1, -0.05) is 6.07 Å². The molecule has 2 rings (SSSR count). The molecule has 1 fully saturated rings. The third-order valence-corrected chi connectivity index (χ3v) is 5.91. The van der Waals surface area contributed by atoms with E-state index in [-0.39, 0.29) is 12.5 Å². The van der Waals surface area contributed by atoms with Gasteiger partial charge in [0, 0.05) is 6.54 Å². The Labute approximate surface area is 121 Å². The summed E-state index contributed by atoms with van der Waals surface area (Å²) >= 11 is 0. The van der Waals surface area contributed by atoms with Gasteiger partial charge in [0.25, 0.3) is 0 Å². The fourth-order valence-corrected chi connectivity index (χ4v) is 4.16. The molecule has 1 aliphatic carbocycles. The number of hydrogen-bond donors (Lipinski definition) is 2. The molecule has 0 unspecified atom stereocenters. The van der Waals surface area contributed by atoms with Crippen molar-refractivity contribution in [1.82, 2.24) is 4.72 Å². The van der Waals surface area contributed by atoms with Gasteiger partial charge in [-0.2, -0.15) is 0 Å². The first-order valence-corrected chi connectivity index (χ1v) is 8.47. The van der Waals surface area contributed by atoms with E-state index in [1.807, 2.05) is 33.8 Å². The molecule has 0 radical (unpaired) electrons. The standard InChI is InChI=1S/C15H23NO3S/c1-9-7-10(2)12(4)15(11(9)3)20(18,19)16-8-14(17)13-5-6-13/h7,13-14,16-17H,5-6,8H2,1-4H3/t14-/m1/s1. The largest absolute Gasteiger partial charge is 0.391 e. The highest BCUT2D eigenvalue weighted by Crippen LogP contribution is 2.32. The van der Waals surface area contributed by atoms with Crippen molar-refractivity contribution in [3.8, 4) is 0 Å². The van der Waals surface area contributed by atoms with Crippen LogP contribution in [0.15, 0.2) is 11.0 Å². The van der Waals surface area contributed by atoms with Crippen LogP contribution in [-0.4, -0.2) is 26.2 Å². The van der Waals surface area contributed by atoms with E-state index < -0.39 is 16.1 Å². The van der Waals surface area contributed by atoms with Gasteiger partial charge in [-0.15, -0.1) is 0 Å². The lowest BCUT2D eigenvalue weighted by Gasteiger charge is -2.17. The molecule has 112 valence electrons. The molecule has 1 atom stereocenters. The second-order valence-electron chi connectivity index (χ2n) is 5.85. The van der Waals surface area contributed by atoms with Gasteiger partial charge >= 0.3 is 0 Å². The van der Waals surface area contributed by atoms with E-state index in [2.05, 4.69) is 4.72 Å². The highest BCUT2D eigenvalue weighted by atomic mass is 32.2. The van der Waals surface area contributed by atoms with Gasteiger partial charge in [-0.25, -0.2) is 13.1 Å². The van der Waals surface area contributed by atoms with E-state index in [1.165, 1.54) is 0 Å². The van der Waals surface area contributed by atoms with Crippen molar-refractivity contribution in [1.29, 1.82) is 0 Å². The van der Waals surface area contributed by atoms with E-state index in [4.69, 9.17) is 0 Å². The Morgan fingerprint density at radius 1 is 1.20 bits per heavy atom. The van der Waals surface area contributed by atoms with Crippen LogP contribution >= 0.6 is 0 Å². The van der Waals surface area contributed by atoms with E-state index in [0.29, 0.717) is 4.90 Å². The summed E-state index contributed by atoms with van der Waals surface area (Å²) in [5, 5.41) is 9.82. The van der Waals surface area contributed by atoms with Gasteiger partial charge < -0.3 is 5.11 Å².